The van der Waals surface area contributed by atoms with Gasteiger partial charge in [-0.15, -0.1) is 0 Å². The molecule has 0 aliphatic rings. The van der Waals surface area contributed by atoms with Crippen molar-refractivity contribution < 1.29 is 40.5 Å². The average molecular weight is 673 g/mol. The lowest BCUT2D eigenvalue weighted by molar-refractivity contribution is -0.137. The fourth-order valence-electron chi connectivity index (χ4n) is 3.91. The summed E-state index contributed by atoms with van der Waals surface area (Å²) in [6.07, 6.45) is -3.21. The number of nitrogens with zero attached hydrogens (tertiary/aromatic N) is 1. The lowest BCUT2D eigenvalue weighted by Crippen LogP contribution is -2.19. The molecule has 0 spiro atoms. The van der Waals surface area contributed by atoms with E-state index in [1.807, 2.05) is 18.2 Å². The first-order valence-corrected chi connectivity index (χ1v) is 14.9. The number of anilines is 2. The highest BCUT2D eigenvalue weighted by Gasteiger charge is 2.33. The predicted octanol–water partition coefficient (Wildman–Crippen LogP) is 7.64. The van der Waals surface area contributed by atoms with Gasteiger partial charge in [0.25, 0.3) is 16.0 Å². The van der Waals surface area contributed by atoms with E-state index in [2.05, 4.69) is 20.9 Å². The number of aromatic nitrogens is 1. The molecule has 1 aromatic heterocycles. The van der Waals surface area contributed by atoms with Crippen LogP contribution in [0.4, 0.5) is 29.3 Å². The number of fused-ring (bicyclic) bond motifs is 1. The summed E-state index contributed by atoms with van der Waals surface area (Å²) >= 11 is 5.57. The van der Waals surface area contributed by atoms with Gasteiger partial charge in [-0.3, -0.25) is 14.3 Å². The number of halogens is 4. The van der Waals surface area contributed by atoms with E-state index in [0.29, 0.717) is 17.2 Å². The van der Waals surface area contributed by atoms with Gasteiger partial charge in [0.1, 0.15) is 17.2 Å². The van der Waals surface area contributed by atoms with E-state index in [1.165, 1.54) is 37.5 Å². The molecule has 5 rings (SSSR count). The molecule has 3 amide bonds. The van der Waals surface area contributed by atoms with Gasteiger partial charge in [-0.1, -0.05) is 41.9 Å². The summed E-state index contributed by atoms with van der Waals surface area (Å²) < 4.78 is 75.0. The summed E-state index contributed by atoms with van der Waals surface area (Å²) in [4.78, 5) is 27.6. The van der Waals surface area contributed by atoms with Gasteiger partial charge in [-0.2, -0.15) is 21.6 Å². The molecular weight excluding hydrogens is 649 g/mol. The summed E-state index contributed by atoms with van der Waals surface area (Å²) in [5, 5.41) is 8.56. The monoisotopic (exact) mass is 672 g/mol. The highest BCUT2D eigenvalue weighted by molar-refractivity contribution is 7.85. The lowest BCUT2D eigenvalue weighted by Gasteiger charge is -2.12. The van der Waals surface area contributed by atoms with Gasteiger partial charge in [0, 0.05) is 30.7 Å². The van der Waals surface area contributed by atoms with Crippen molar-refractivity contribution in [2.24, 2.45) is 0 Å². The van der Waals surface area contributed by atoms with Crippen LogP contribution in [-0.2, 0) is 16.3 Å². The number of carbonyl (C=O) groups excluding carboxylic acids is 2. The van der Waals surface area contributed by atoms with Crippen LogP contribution in [-0.4, -0.2) is 36.9 Å². The number of alkyl halides is 3. The molecule has 4 aromatic carbocycles. The first-order valence-electron chi connectivity index (χ1n) is 13.1. The van der Waals surface area contributed by atoms with Crippen molar-refractivity contribution in [2.45, 2.75) is 11.1 Å². The van der Waals surface area contributed by atoms with Gasteiger partial charge in [-0.25, -0.2) is 4.79 Å². The zero-order valence-corrected chi connectivity index (χ0v) is 25.2. The number of rotatable bonds is 6. The molecule has 5 aromatic rings. The maximum absolute atomic E-state index is 12.9. The molecule has 0 radical (unpaired) electrons. The molecular formula is C31H24ClF3N4O6S. The second kappa shape index (κ2) is 14.3. The Kier molecular flexibility index (Phi) is 10.5. The minimum Gasteiger partial charge on any atom is -0.457 e. The fraction of sp³-hybridized carbons (Fsp3) is 0.0645. The number of benzene rings is 4. The topological polar surface area (TPSA) is 147 Å². The third-order valence-electron chi connectivity index (χ3n) is 6.09. The van der Waals surface area contributed by atoms with Gasteiger partial charge >= 0.3 is 12.2 Å². The van der Waals surface area contributed by atoms with Crippen LogP contribution in [0.15, 0.2) is 108 Å². The van der Waals surface area contributed by atoms with Crippen molar-refractivity contribution in [3.8, 4) is 11.5 Å². The van der Waals surface area contributed by atoms with E-state index >= 15 is 0 Å². The number of nitrogens with one attached hydrogen (secondary N) is 3. The van der Waals surface area contributed by atoms with Crippen molar-refractivity contribution in [2.75, 3.05) is 17.7 Å². The second-order valence-electron chi connectivity index (χ2n) is 9.34. The second-order valence-corrected chi connectivity index (χ2v) is 11.2. The molecule has 0 fully saturated rings. The third-order valence-corrected chi connectivity index (χ3v) is 7.27. The molecule has 0 unspecified atom stereocenters. The number of carbonyl (C=O) groups is 2. The van der Waals surface area contributed by atoms with Crippen LogP contribution in [0.2, 0.25) is 5.02 Å². The molecule has 0 atom stereocenters. The van der Waals surface area contributed by atoms with Crippen LogP contribution in [0.5, 0.6) is 11.5 Å². The predicted molar refractivity (Wildman–Crippen MR) is 167 cm³/mol. The van der Waals surface area contributed by atoms with Gasteiger partial charge < -0.3 is 20.7 Å². The Labute approximate surface area is 265 Å². The van der Waals surface area contributed by atoms with E-state index in [-0.39, 0.29) is 22.2 Å². The van der Waals surface area contributed by atoms with Gasteiger partial charge in [-0.05, 0) is 71.4 Å². The van der Waals surface area contributed by atoms with Gasteiger partial charge in [0.2, 0.25) is 0 Å². The SMILES string of the molecule is CNC(=O)c1cc(Oc2ccc(NC(=O)Nc3ccc(Cl)c(C(F)(F)F)c3)cc2)ccn1.O=S(=O)(O)c1ccc2ccccc2c1. The molecule has 46 heavy (non-hydrogen) atoms. The van der Waals surface area contributed by atoms with E-state index in [4.69, 9.17) is 20.9 Å². The molecule has 0 saturated carbocycles. The fourth-order valence-corrected chi connectivity index (χ4v) is 4.65. The van der Waals surface area contributed by atoms with Gasteiger partial charge in [0.15, 0.2) is 0 Å². The Morgan fingerprint density at radius 1 is 0.826 bits per heavy atom. The zero-order valence-electron chi connectivity index (χ0n) is 23.7. The lowest BCUT2D eigenvalue weighted by atomic mass is 10.1. The molecule has 0 saturated heterocycles. The molecule has 0 aliphatic carbocycles. The van der Waals surface area contributed by atoms with Crippen molar-refractivity contribution in [1.82, 2.24) is 10.3 Å². The number of pyridine rings is 1. The Bertz CT molecular complexity index is 1990. The minimum absolute atomic E-state index is 0.0659. The maximum Gasteiger partial charge on any atom is 0.417 e. The summed E-state index contributed by atoms with van der Waals surface area (Å²) in [6.45, 7) is 0. The van der Waals surface area contributed by atoms with E-state index in [0.717, 1.165) is 22.9 Å². The molecule has 15 heteroatoms. The maximum atomic E-state index is 12.9. The van der Waals surface area contributed by atoms with E-state index < -0.39 is 32.9 Å². The molecule has 0 aliphatic heterocycles. The van der Waals surface area contributed by atoms with Crippen molar-refractivity contribution in [1.29, 1.82) is 0 Å². The van der Waals surface area contributed by atoms with Crippen molar-refractivity contribution >= 4 is 55.8 Å². The normalized spacial score (nSPS) is 11.2. The Balaban J connectivity index is 0.000000284. The van der Waals surface area contributed by atoms with E-state index in [9.17, 15) is 31.2 Å². The molecule has 0 bridgehead atoms. The van der Waals surface area contributed by atoms with Crippen LogP contribution in [0, 0.1) is 0 Å². The van der Waals surface area contributed by atoms with Crippen LogP contribution < -0.4 is 20.7 Å². The Hall–Kier alpha value is -5.18. The average Bonchev–Trinajstić information content (AvgIpc) is 3.02. The number of hydrogen-bond acceptors (Lipinski definition) is 6. The van der Waals surface area contributed by atoms with Gasteiger partial charge in [0.05, 0.1) is 15.5 Å². The molecule has 1 heterocycles. The van der Waals surface area contributed by atoms with Crippen LogP contribution in [0.3, 0.4) is 0 Å². The molecule has 4 N–H and O–H groups in total. The summed E-state index contributed by atoms with van der Waals surface area (Å²) in [5.41, 5.74) is -0.547. The highest BCUT2D eigenvalue weighted by Crippen LogP contribution is 2.36. The number of urea groups is 1. The summed E-state index contributed by atoms with van der Waals surface area (Å²) in [6, 6.07) is 23.5. The van der Waals surface area contributed by atoms with Crippen molar-refractivity contribution in [3.63, 3.8) is 0 Å². The third kappa shape index (κ3) is 9.17. The molecule has 10 nitrogen and oxygen atoms in total. The van der Waals surface area contributed by atoms with Crippen molar-refractivity contribution in [3.05, 3.63) is 120 Å². The van der Waals surface area contributed by atoms with E-state index in [1.54, 1.807) is 42.5 Å². The smallest absolute Gasteiger partial charge is 0.417 e. The highest BCUT2D eigenvalue weighted by atomic mass is 35.5. The summed E-state index contributed by atoms with van der Waals surface area (Å²) in [7, 11) is -2.61. The number of ether oxygens (including phenoxy) is 1. The minimum atomic E-state index is -4.64. The Morgan fingerprint density at radius 2 is 1.48 bits per heavy atom. The summed E-state index contributed by atoms with van der Waals surface area (Å²) in [5.74, 6) is 0.460. The zero-order chi connectivity index (χ0) is 33.5. The van der Waals surface area contributed by atoms with Crippen LogP contribution in [0.1, 0.15) is 16.1 Å². The quantitative estimate of drug-likeness (QED) is 0.136. The standard InChI is InChI=1S/C21H16ClF3N4O3.C10H8O3S/c1-26-19(30)18-11-15(8-9-27-18)32-14-5-2-12(3-6-14)28-20(31)29-13-4-7-17(22)16(10-13)21(23,24)25;11-14(12,13)10-6-5-8-3-1-2-4-9(8)7-10/h2-11H,1H3,(H,26,30)(H2,28,29,31);1-7H,(H,11,12,13). The van der Waals surface area contributed by atoms with Crippen LogP contribution >= 0.6 is 11.6 Å². The number of hydrogen-bond donors (Lipinski definition) is 4. The Morgan fingerprint density at radius 3 is 2.13 bits per heavy atom. The number of amides is 3. The van der Waals surface area contributed by atoms with Crippen LogP contribution in [0.25, 0.3) is 10.8 Å². The molecule has 238 valence electrons. The first-order chi connectivity index (χ1) is 21.7. The largest absolute Gasteiger partial charge is 0.457 e. The first kappa shape index (κ1) is 33.7.